The van der Waals surface area contributed by atoms with Gasteiger partial charge in [0.25, 0.3) is 0 Å². The molecule has 0 aliphatic rings. The normalized spacial score (nSPS) is 10.9. The molecule has 3 heteroatoms. The summed E-state index contributed by atoms with van der Waals surface area (Å²) in [6.07, 6.45) is 0. The third-order valence-electron chi connectivity index (χ3n) is 3.41. The quantitative estimate of drug-likeness (QED) is 0.860. The zero-order valence-corrected chi connectivity index (χ0v) is 10.9. The first-order valence-electron chi connectivity index (χ1n) is 5.88. The van der Waals surface area contributed by atoms with Crippen molar-refractivity contribution in [2.24, 2.45) is 5.73 Å². The maximum absolute atomic E-state index is 5.81. The van der Waals surface area contributed by atoms with Crippen LogP contribution in [0.4, 0.5) is 0 Å². The maximum atomic E-state index is 5.81. The second-order valence-corrected chi connectivity index (χ2v) is 4.49. The molecule has 0 fully saturated rings. The van der Waals surface area contributed by atoms with Crippen molar-refractivity contribution in [2.45, 2.75) is 34.2 Å². The minimum atomic E-state index is 0.536. The third kappa shape index (κ3) is 1.87. The van der Waals surface area contributed by atoms with E-state index in [1.165, 1.54) is 16.8 Å². The first-order valence-corrected chi connectivity index (χ1v) is 5.88. The van der Waals surface area contributed by atoms with Crippen molar-refractivity contribution in [3.8, 4) is 5.69 Å². The van der Waals surface area contributed by atoms with Gasteiger partial charge in [-0.05, 0) is 44.4 Å². The molecule has 1 aromatic heterocycles. The molecule has 0 saturated heterocycles. The van der Waals surface area contributed by atoms with Crippen LogP contribution in [0.1, 0.15) is 28.1 Å². The van der Waals surface area contributed by atoms with Gasteiger partial charge in [-0.2, -0.15) is 5.10 Å². The van der Waals surface area contributed by atoms with Crippen LogP contribution in [-0.2, 0) is 6.54 Å². The molecule has 1 heterocycles. The first kappa shape index (κ1) is 11.9. The van der Waals surface area contributed by atoms with E-state index in [2.05, 4.69) is 38.0 Å². The van der Waals surface area contributed by atoms with Crippen LogP contribution in [0, 0.1) is 27.7 Å². The van der Waals surface area contributed by atoms with Crippen LogP contribution >= 0.6 is 0 Å². The van der Waals surface area contributed by atoms with Gasteiger partial charge in [0.1, 0.15) is 0 Å². The monoisotopic (exact) mass is 229 g/mol. The summed E-state index contributed by atoms with van der Waals surface area (Å²) >= 11 is 0. The number of hydrogen-bond donors (Lipinski definition) is 1. The molecule has 2 rings (SSSR count). The van der Waals surface area contributed by atoms with E-state index < -0.39 is 0 Å². The van der Waals surface area contributed by atoms with Gasteiger partial charge < -0.3 is 5.73 Å². The van der Waals surface area contributed by atoms with Crippen molar-refractivity contribution in [1.82, 2.24) is 9.78 Å². The molecule has 0 atom stereocenters. The molecule has 0 amide bonds. The Morgan fingerprint density at radius 3 is 2.41 bits per heavy atom. The molecule has 0 aliphatic heterocycles. The zero-order valence-electron chi connectivity index (χ0n) is 10.9. The number of nitrogens with two attached hydrogens (primary N) is 1. The molecule has 2 aromatic rings. The second-order valence-electron chi connectivity index (χ2n) is 4.49. The zero-order chi connectivity index (χ0) is 12.6. The van der Waals surface area contributed by atoms with E-state index in [1.807, 2.05) is 17.7 Å². The number of hydrogen-bond acceptors (Lipinski definition) is 2. The van der Waals surface area contributed by atoms with Crippen LogP contribution in [-0.4, -0.2) is 9.78 Å². The Morgan fingerprint density at radius 2 is 1.88 bits per heavy atom. The van der Waals surface area contributed by atoms with Crippen molar-refractivity contribution in [2.75, 3.05) is 0 Å². The average Bonchev–Trinajstić information content (AvgIpc) is 2.56. The Morgan fingerprint density at radius 1 is 1.18 bits per heavy atom. The fourth-order valence-electron chi connectivity index (χ4n) is 2.13. The van der Waals surface area contributed by atoms with Gasteiger partial charge in [-0.1, -0.05) is 18.2 Å². The molecular weight excluding hydrogens is 210 g/mol. The third-order valence-corrected chi connectivity index (χ3v) is 3.41. The first-order chi connectivity index (χ1) is 8.06. The molecule has 17 heavy (non-hydrogen) atoms. The molecule has 0 spiro atoms. The molecule has 0 aliphatic carbocycles. The topological polar surface area (TPSA) is 43.8 Å². The largest absolute Gasteiger partial charge is 0.326 e. The standard InChI is InChI=1S/C14H19N3/c1-9-6-5-7-13(8-15)14(9)17-12(4)10(2)11(3)16-17/h5-7H,8,15H2,1-4H3. The number of aryl methyl sites for hydroxylation is 2. The van der Waals surface area contributed by atoms with Gasteiger partial charge in [0.05, 0.1) is 11.4 Å². The molecule has 1 aromatic carbocycles. The molecule has 90 valence electrons. The van der Waals surface area contributed by atoms with Crippen molar-refractivity contribution in [3.63, 3.8) is 0 Å². The predicted molar refractivity (Wildman–Crippen MR) is 70.4 cm³/mol. The van der Waals surface area contributed by atoms with Gasteiger partial charge >= 0.3 is 0 Å². The van der Waals surface area contributed by atoms with E-state index in [4.69, 9.17) is 5.73 Å². The number of rotatable bonds is 2. The van der Waals surface area contributed by atoms with Gasteiger partial charge in [0.2, 0.25) is 0 Å². The summed E-state index contributed by atoms with van der Waals surface area (Å²) < 4.78 is 2.02. The lowest BCUT2D eigenvalue weighted by Crippen LogP contribution is -2.09. The Bertz CT molecular complexity index is 553. The molecular formula is C14H19N3. The minimum absolute atomic E-state index is 0.536. The second kappa shape index (κ2) is 4.34. The highest BCUT2D eigenvalue weighted by Crippen LogP contribution is 2.23. The summed E-state index contributed by atoms with van der Waals surface area (Å²) in [5, 5.41) is 4.61. The number of benzene rings is 1. The Balaban J connectivity index is 2.72. The molecule has 0 bridgehead atoms. The van der Waals surface area contributed by atoms with Crippen LogP contribution in [0.25, 0.3) is 5.69 Å². The summed E-state index contributed by atoms with van der Waals surface area (Å²) in [7, 11) is 0. The lowest BCUT2D eigenvalue weighted by Gasteiger charge is -2.13. The van der Waals surface area contributed by atoms with E-state index in [9.17, 15) is 0 Å². The fourth-order valence-corrected chi connectivity index (χ4v) is 2.13. The van der Waals surface area contributed by atoms with Crippen LogP contribution in [0.3, 0.4) is 0 Å². The number of nitrogens with zero attached hydrogens (tertiary/aromatic N) is 2. The summed E-state index contributed by atoms with van der Waals surface area (Å²) in [6.45, 7) is 8.88. The average molecular weight is 229 g/mol. The number of para-hydroxylation sites is 1. The van der Waals surface area contributed by atoms with Crippen LogP contribution < -0.4 is 5.73 Å². The Kier molecular flexibility index (Phi) is 3.03. The lowest BCUT2D eigenvalue weighted by atomic mass is 10.1. The molecule has 0 radical (unpaired) electrons. The summed E-state index contributed by atoms with van der Waals surface area (Å²) in [5.74, 6) is 0. The molecule has 2 N–H and O–H groups in total. The van der Waals surface area contributed by atoms with Crippen molar-refractivity contribution >= 4 is 0 Å². The molecule has 3 nitrogen and oxygen atoms in total. The van der Waals surface area contributed by atoms with Gasteiger partial charge in [-0.25, -0.2) is 4.68 Å². The van der Waals surface area contributed by atoms with E-state index >= 15 is 0 Å². The van der Waals surface area contributed by atoms with Crippen molar-refractivity contribution in [1.29, 1.82) is 0 Å². The lowest BCUT2D eigenvalue weighted by molar-refractivity contribution is 0.811. The van der Waals surface area contributed by atoms with Gasteiger partial charge in [0.15, 0.2) is 0 Å². The fraction of sp³-hybridized carbons (Fsp3) is 0.357. The van der Waals surface area contributed by atoms with E-state index in [0.717, 1.165) is 16.9 Å². The van der Waals surface area contributed by atoms with Gasteiger partial charge in [-0.15, -0.1) is 0 Å². The van der Waals surface area contributed by atoms with Crippen LogP contribution in [0.15, 0.2) is 18.2 Å². The Hall–Kier alpha value is -1.61. The summed E-state index contributed by atoms with van der Waals surface area (Å²) in [5.41, 5.74) is 12.8. The molecule has 0 unspecified atom stereocenters. The smallest absolute Gasteiger partial charge is 0.0722 e. The van der Waals surface area contributed by atoms with Crippen LogP contribution in [0.5, 0.6) is 0 Å². The van der Waals surface area contributed by atoms with Crippen LogP contribution in [0.2, 0.25) is 0 Å². The van der Waals surface area contributed by atoms with E-state index in [1.54, 1.807) is 0 Å². The Labute approximate surface area is 102 Å². The summed E-state index contributed by atoms with van der Waals surface area (Å²) in [4.78, 5) is 0. The van der Waals surface area contributed by atoms with Crippen molar-refractivity contribution < 1.29 is 0 Å². The maximum Gasteiger partial charge on any atom is 0.0722 e. The highest BCUT2D eigenvalue weighted by atomic mass is 15.3. The highest BCUT2D eigenvalue weighted by Gasteiger charge is 2.13. The minimum Gasteiger partial charge on any atom is -0.326 e. The van der Waals surface area contributed by atoms with Crippen molar-refractivity contribution in [3.05, 3.63) is 46.3 Å². The van der Waals surface area contributed by atoms with E-state index in [-0.39, 0.29) is 0 Å². The highest BCUT2D eigenvalue weighted by molar-refractivity contribution is 5.49. The van der Waals surface area contributed by atoms with Gasteiger partial charge in [0, 0.05) is 12.2 Å². The summed E-state index contributed by atoms with van der Waals surface area (Å²) in [6, 6.07) is 6.20. The van der Waals surface area contributed by atoms with Gasteiger partial charge in [-0.3, -0.25) is 0 Å². The predicted octanol–water partition coefficient (Wildman–Crippen LogP) is 2.56. The van der Waals surface area contributed by atoms with E-state index in [0.29, 0.717) is 6.54 Å². The molecule has 0 saturated carbocycles. The number of aromatic nitrogens is 2. The SMILES string of the molecule is Cc1cccc(CN)c1-n1nc(C)c(C)c1C.